The number of carbonyl (C=O) groups excluding carboxylic acids is 2. The summed E-state index contributed by atoms with van der Waals surface area (Å²) < 4.78 is 22.0. The quantitative estimate of drug-likeness (QED) is 0.341. The molecule has 140 valence electrons. The zero-order valence-electron chi connectivity index (χ0n) is 16.4. The first kappa shape index (κ1) is 23.3. The number of ether oxygens (including phenoxy) is 2. The maximum atomic E-state index is 11.7. The van der Waals surface area contributed by atoms with Crippen molar-refractivity contribution in [2.75, 3.05) is 14.2 Å². The van der Waals surface area contributed by atoms with Crippen molar-refractivity contribution < 1.29 is 27.3 Å². The number of allylic oxidation sites excluding steroid dienone is 1. The molecule has 0 unspecified atom stereocenters. The molecule has 0 aliphatic carbocycles. The Bertz CT molecular complexity index is 433. The summed E-state index contributed by atoms with van der Waals surface area (Å²) in [6, 6.07) is 0. The fourth-order valence-electron chi connectivity index (χ4n) is 2.30. The Balaban J connectivity index is 5.28. The van der Waals surface area contributed by atoms with E-state index in [2.05, 4.69) is 48.8 Å². The predicted molar refractivity (Wildman–Crippen MR) is 102 cm³/mol. The van der Waals surface area contributed by atoms with Crippen molar-refractivity contribution in [1.29, 1.82) is 0 Å². The Kier molecular flexibility index (Phi) is 8.80. The Labute approximate surface area is 149 Å². The maximum absolute atomic E-state index is 11.7. The van der Waals surface area contributed by atoms with Gasteiger partial charge in [0.2, 0.25) is 0 Å². The van der Waals surface area contributed by atoms with Gasteiger partial charge in [-0.05, 0) is 57.9 Å². The summed E-state index contributed by atoms with van der Waals surface area (Å²) >= 11 is 0. The molecule has 0 rings (SSSR count). The molecular formula is C15H32O6Si3. The van der Waals surface area contributed by atoms with Gasteiger partial charge in [0.15, 0.2) is 22.6 Å². The van der Waals surface area contributed by atoms with Crippen molar-refractivity contribution in [3.8, 4) is 0 Å². The second kappa shape index (κ2) is 9.09. The lowest BCUT2D eigenvalue weighted by atomic mass is 10.1. The molecular weight excluding hydrogens is 360 g/mol. The zero-order chi connectivity index (χ0) is 19.2. The van der Waals surface area contributed by atoms with E-state index in [1.807, 2.05) is 12.2 Å². The van der Waals surface area contributed by atoms with Crippen LogP contribution in [-0.2, 0) is 27.3 Å². The molecule has 0 aliphatic heterocycles. The van der Waals surface area contributed by atoms with Crippen LogP contribution in [0.1, 0.15) is 6.42 Å². The minimum Gasteiger partial charge on any atom is -0.468 e. The Morgan fingerprint density at radius 3 is 1.50 bits per heavy atom. The lowest BCUT2D eigenvalue weighted by Gasteiger charge is -2.36. The van der Waals surface area contributed by atoms with Crippen molar-refractivity contribution in [1.82, 2.24) is 0 Å². The molecule has 0 saturated heterocycles. The standard InChI is InChI=1S/C15H32O6Si3/c1-18-14(16)13(15(17)19-2)11-10-12-24(9,20-22(3,4)5)21-23(6,7)8/h10,12-13H,11H2,1-9H3/b12-10+. The lowest BCUT2D eigenvalue weighted by Crippen LogP contribution is -2.51. The molecule has 6 nitrogen and oxygen atoms in total. The molecule has 0 heterocycles. The van der Waals surface area contributed by atoms with Crippen LogP contribution in [0.15, 0.2) is 11.8 Å². The number of esters is 2. The number of methoxy groups -OCH3 is 2. The van der Waals surface area contributed by atoms with Crippen LogP contribution in [0.5, 0.6) is 0 Å². The molecule has 0 radical (unpaired) electrons. The molecule has 24 heavy (non-hydrogen) atoms. The van der Waals surface area contributed by atoms with Gasteiger partial charge in [-0.15, -0.1) is 0 Å². The monoisotopic (exact) mass is 392 g/mol. The van der Waals surface area contributed by atoms with Gasteiger partial charge in [-0.3, -0.25) is 9.59 Å². The van der Waals surface area contributed by atoms with Crippen LogP contribution < -0.4 is 0 Å². The van der Waals surface area contributed by atoms with Crippen molar-refractivity contribution in [2.45, 2.75) is 52.2 Å². The van der Waals surface area contributed by atoms with Crippen molar-refractivity contribution in [2.24, 2.45) is 5.92 Å². The van der Waals surface area contributed by atoms with Crippen LogP contribution >= 0.6 is 0 Å². The van der Waals surface area contributed by atoms with E-state index in [-0.39, 0.29) is 6.42 Å². The van der Waals surface area contributed by atoms with Crippen LogP contribution in [0.4, 0.5) is 0 Å². The molecule has 0 aromatic rings. The van der Waals surface area contributed by atoms with Crippen molar-refractivity contribution in [3.63, 3.8) is 0 Å². The largest absolute Gasteiger partial charge is 0.468 e. The molecule has 9 heteroatoms. The van der Waals surface area contributed by atoms with Crippen molar-refractivity contribution >= 4 is 37.1 Å². The number of rotatable bonds is 9. The van der Waals surface area contributed by atoms with Crippen LogP contribution in [0.2, 0.25) is 45.8 Å². The third-order valence-corrected chi connectivity index (χ3v) is 11.8. The predicted octanol–water partition coefficient (Wildman–Crippen LogP) is 3.21. The first-order valence-electron chi connectivity index (χ1n) is 7.97. The van der Waals surface area contributed by atoms with Gasteiger partial charge in [0.05, 0.1) is 14.2 Å². The van der Waals surface area contributed by atoms with Crippen LogP contribution in [0.3, 0.4) is 0 Å². The molecule has 0 spiro atoms. The van der Waals surface area contributed by atoms with E-state index in [9.17, 15) is 9.59 Å². The van der Waals surface area contributed by atoms with Gasteiger partial charge in [-0.25, -0.2) is 0 Å². The van der Waals surface area contributed by atoms with Gasteiger partial charge in [-0.1, -0.05) is 6.08 Å². The Morgan fingerprint density at radius 1 is 0.833 bits per heavy atom. The van der Waals surface area contributed by atoms with E-state index in [0.717, 1.165) is 0 Å². The third kappa shape index (κ3) is 9.52. The Morgan fingerprint density at radius 2 is 1.21 bits per heavy atom. The average Bonchev–Trinajstić information content (AvgIpc) is 2.37. The molecule has 0 amide bonds. The number of hydrogen-bond donors (Lipinski definition) is 0. The number of hydrogen-bond acceptors (Lipinski definition) is 6. The summed E-state index contributed by atoms with van der Waals surface area (Å²) in [6.45, 7) is 14.7. The second-order valence-electron chi connectivity index (χ2n) is 7.68. The van der Waals surface area contributed by atoms with Crippen LogP contribution in [0.25, 0.3) is 0 Å². The summed E-state index contributed by atoms with van der Waals surface area (Å²) in [5, 5.41) is 0. The molecule has 0 atom stereocenters. The Hall–Kier alpha value is -0.749. The SMILES string of the molecule is COC(=O)C(C/C=C/[Si](C)(O[Si](C)(C)C)O[Si](C)(C)C)C(=O)OC. The smallest absolute Gasteiger partial charge is 0.340 e. The van der Waals surface area contributed by atoms with E-state index in [4.69, 9.17) is 8.23 Å². The zero-order valence-corrected chi connectivity index (χ0v) is 19.4. The summed E-state index contributed by atoms with van der Waals surface area (Å²) in [7, 11) is -3.64. The van der Waals surface area contributed by atoms with E-state index in [1.54, 1.807) is 6.08 Å². The highest BCUT2D eigenvalue weighted by molar-refractivity contribution is 6.89. The minimum absolute atomic E-state index is 0.200. The minimum atomic E-state index is -2.54. The maximum Gasteiger partial charge on any atom is 0.340 e. The molecule has 0 aromatic heterocycles. The van der Waals surface area contributed by atoms with Gasteiger partial charge < -0.3 is 17.7 Å². The molecule has 0 saturated carbocycles. The van der Waals surface area contributed by atoms with Crippen LogP contribution in [-0.4, -0.2) is 51.4 Å². The molecule has 0 bridgehead atoms. The van der Waals surface area contributed by atoms with Gasteiger partial charge in [-0.2, -0.15) is 0 Å². The highest BCUT2D eigenvalue weighted by Crippen LogP contribution is 2.22. The molecule has 0 fully saturated rings. The van der Waals surface area contributed by atoms with Gasteiger partial charge in [0, 0.05) is 0 Å². The van der Waals surface area contributed by atoms with E-state index < -0.39 is 43.1 Å². The summed E-state index contributed by atoms with van der Waals surface area (Å²) in [4.78, 5) is 23.5. The number of carbonyl (C=O) groups is 2. The summed E-state index contributed by atoms with van der Waals surface area (Å²) in [5.41, 5.74) is 1.92. The van der Waals surface area contributed by atoms with Gasteiger partial charge in [0.1, 0.15) is 0 Å². The van der Waals surface area contributed by atoms with Crippen LogP contribution in [0, 0.1) is 5.92 Å². The highest BCUT2D eigenvalue weighted by Gasteiger charge is 2.38. The molecule has 0 N–H and O–H groups in total. The third-order valence-electron chi connectivity index (χ3n) is 2.78. The van der Waals surface area contributed by atoms with E-state index >= 15 is 0 Å². The first-order chi connectivity index (χ1) is 10.7. The van der Waals surface area contributed by atoms with Crippen molar-refractivity contribution in [3.05, 3.63) is 11.8 Å². The topological polar surface area (TPSA) is 71.1 Å². The lowest BCUT2D eigenvalue weighted by molar-refractivity contribution is -0.158. The fraction of sp³-hybridized carbons (Fsp3) is 0.733. The molecule has 0 aromatic carbocycles. The second-order valence-corrected chi connectivity index (χ2v) is 20.1. The van der Waals surface area contributed by atoms with E-state index in [0.29, 0.717) is 0 Å². The summed E-state index contributed by atoms with van der Waals surface area (Å²) in [6.07, 6.45) is 1.98. The van der Waals surface area contributed by atoms with Gasteiger partial charge in [0.25, 0.3) is 0 Å². The highest BCUT2D eigenvalue weighted by atomic mass is 28.5. The fourth-order valence-corrected chi connectivity index (χ4v) is 13.7. The first-order valence-corrected chi connectivity index (χ1v) is 17.2. The van der Waals surface area contributed by atoms with Gasteiger partial charge >= 0.3 is 20.5 Å². The average molecular weight is 393 g/mol. The normalized spacial score (nSPS) is 13.4. The van der Waals surface area contributed by atoms with E-state index in [1.165, 1.54) is 14.2 Å². The molecule has 0 aliphatic rings. The summed E-state index contributed by atoms with van der Waals surface area (Å²) in [5.74, 6) is -2.17.